The molecular formula is C19H14Cl2F3NO7S. The molecule has 0 saturated heterocycles. The Balaban J connectivity index is 2.33. The van der Waals surface area contributed by atoms with Crippen LogP contribution in [0.25, 0.3) is 0 Å². The number of alkyl halides is 3. The molecule has 2 N–H and O–H groups in total. The fraction of sp³-hybridized carbons (Fsp3) is 0.211. The van der Waals surface area contributed by atoms with Crippen LogP contribution in [-0.4, -0.2) is 42.7 Å². The van der Waals surface area contributed by atoms with Crippen molar-refractivity contribution in [1.82, 2.24) is 5.32 Å². The Morgan fingerprint density at radius 3 is 2.18 bits per heavy atom. The van der Waals surface area contributed by atoms with Gasteiger partial charge < -0.3 is 14.6 Å². The zero-order valence-electron chi connectivity index (χ0n) is 16.4. The second-order valence-electron chi connectivity index (χ2n) is 6.53. The van der Waals surface area contributed by atoms with Crippen LogP contribution in [0.5, 0.6) is 5.75 Å². The Morgan fingerprint density at radius 2 is 1.70 bits per heavy atom. The highest BCUT2D eigenvalue weighted by Crippen LogP contribution is 2.30. The van der Waals surface area contributed by atoms with Crippen molar-refractivity contribution in [3.8, 4) is 5.75 Å². The molecule has 0 radical (unpaired) electrons. The van der Waals surface area contributed by atoms with Crippen LogP contribution in [0.3, 0.4) is 0 Å². The lowest BCUT2D eigenvalue weighted by Gasteiger charge is -2.17. The Labute approximate surface area is 195 Å². The quantitative estimate of drug-likeness (QED) is 0.303. The molecule has 0 bridgehead atoms. The van der Waals surface area contributed by atoms with E-state index < -0.39 is 57.1 Å². The summed E-state index contributed by atoms with van der Waals surface area (Å²) in [7, 11) is -6.04. The lowest BCUT2D eigenvalue weighted by molar-refractivity contribution is -0.139. The van der Waals surface area contributed by atoms with Crippen molar-refractivity contribution in [2.45, 2.75) is 24.9 Å². The number of hydrogen-bond acceptors (Lipinski definition) is 6. The Bertz CT molecular complexity index is 1200. The fourth-order valence-electron chi connectivity index (χ4n) is 2.60. The summed E-state index contributed by atoms with van der Waals surface area (Å²) in [4.78, 5) is 36.0. The van der Waals surface area contributed by atoms with E-state index in [1.807, 2.05) is 0 Å². The van der Waals surface area contributed by atoms with Crippen molar-refractivity contribution < 1.29 is 45.3 Å². The molecule has 8 nitrogen and oxygen atoms in total. The van der Waals surface area contributed by atoms with Crippen molar-refractivity contribution in [2.24, 2.45) is 0 Å². The van der Waals surface area contributed by atoms with Gasteiger partial charge in [-0.05, 0) is 36.8 Å². The molecule has 1 unspecified atom stereocenters. The number of carboxylic acids is 1. The van der Waals surface area contributed by atoms with Crippen LogP contribution in [0.4, 0.5) is 13.2 Å². The van der Waals surface area contributed by atoms with Gasteiger partial charge in [-0.2, -0.15) is 21.6 Å². The molecule has 0 fully saturated rings. The molecule has 1 atom stereocenters. The maximum Gasteiger partial charge on any atom is 0.534 e. The van der Waals surface area contributed by atoms with E-state index in [9.17, 15) is 41.1 Å². The number of ketones is 1. The van der Waals surface area contributed by atoms with Crippen LogP contribution >= 0.6 is 23.2 Å². The second kappa shape index (κ2) is 9.98. The van der Waals surface area contributed by atoms with Crippen molar-refractivity contribution >= 4 is 51.0 Å². The minimum absolute atomic E-state index is 0.0321. The molecule has 0 aliphatic carbocycles. The van der Waals surface area contributed by atoms with Gasteiger partial charge in [-0.1, -0.05) is 35.3 Å². The average molecular weight is 528 g/mol. The van der Waals surface area contributed by atoms with Gasteiger partial charge >= 0.3 is 21.6 Å². The first-order valence-electron chi connectivity index (χ1n) is 8.76. The first-order chi connectivity index (χ1) is 15.1. The maximum atomic E-state index is 12.6. The van der Waals surface area contributed by atoms with Crippen molar-refractivity contribution in [3.63, 3.8) is 0 Å². The van der Waals surface area contributed by atoms with Crippen LogP contribution < -0.4 is 9.50 Å². The van der Waals surface area contributed by atoms with E-state index in [2.05, 4.69) is 9.50 Å². The van der Waals surface area contributed by atoms with Crippen molar-refractivity contribution in [2.75, 3.05) is 0 Å². The van der Waals surface area contributed by atoms with E-state index in [0.717, 1.165) is 25.1 Å². The van der Waals surface area contributed by atoms with Gasteiger partial charge in [0.2, 0.25) is 0 Å². The molecule has 14 heteroatoms. The highest BCUT2D eigenvalue weighted by molar-refractivity contribution is 7.88. The summed E-state index contributed by atoms with van der Waals surface area (Å²) in [6.07, 6.45) is -0.421. The summed E-state index contributed by atoms with van der Waals surface area (Å²) in [5.74, 6) is -4.11. The normalized spacial score (nSPS) is 12.7. The van der Waals surface area contributed by atoms with E-state index in [1.165, 1.54) is 18.2 Å². The number of hydrogen-bond donors (Lipinski definition) is 2. The van der Waals surface area contributed by atoms with Crippen LogP contribution in [0, 0.1) is 0 Å². The average Bonchev–Trinajstić information content (AvgIpc) is 2.67. The standard InChI is InChI=1S/C19H14Cl2F3NO7S/c1-9(26)11-7-10(5-6-15(11)32-33(30,31)19(22,23)24)8-14(18(28)29)25-17(27)16-12(20)3-2-4-13(16)21/h2-7,14H,8H2,1H3,(H,25,27)(H,28,29). The lowest BCUT2D eigenvalue weighted by atomic mass is 10.0. The van der Waals surface area contributed by atoms with E-state index in [-0.39, 0.29) is 21.2 Å². The third-order valence-electron chi connectivity index (χ3n) is 4.14. The van der Waals surface area contributed by atoms with Gasteiger partial charge in [0, 0.05) is 6.42 Å². The summed E-state index contributed by atoms with van der Waals surface area (Å²) in [5.41, 5.74) is -6.35. The number of aliphatic carboxylic acids is 1. The van der Waals surface area contributed by atoms with Gasteiger partial charge in [-0.15, -0.1) is 0 Å². The molecule has 0 saturated carbocycles. The third-order valence-corrected chi connectivity index (χ3v) is 5.74. The van der Waals surface area contributed by atoms with E-state index in [4.69, 9.17) is 23.2 Å². The van der Waals surface area contributed by atoms with E-state index >= 15 is 0 Å². The van der Waals surface area contributed by atoms with Gasteiger partial charge in [0.25, 0.3) is 5.91 Å². The van der Waals surface area contributed by atoms with Gasteiger partial charge in [0.05, 0.1) is 21.2 Å². The summed E-state index contributed by atoms with van der Waals surface area (Å²) < 4.78 is 64.3. The molecule has 1 amide bonds. The predicted octanol–water partition coefficient (Wildman–Crippen LogP) is 3.85. The number of nitrogens with one attached hydrogen (secondary N) is 1. The van der Waals surface area contributed by atoms with Gasteiger partial charge in [0.15, 0.2) is 11.5 Å². The fourth-order valence-corrected chi connectivity index (χ4v) is 3.64. The minimum atomic E-state index is -6.04. The molecule has 0 aliphatic rings. The summed E-state index contributed by atoms with van der Waals surface area (Å²) >= 11 is 11.9. The highest BCUT2D eigenvalue weighted by Gasteiger charge is 2.49. The molecule has 0 aromatic heterocycles. The summed E-state index contributed by atoms with van der Waals surface area (Å²) in [6.45, 7) is 0.946. The van der Waals surface area contributed by atoms with Crippen molar-refractivity contribution in [1.29, 1.82) is 0 Å². The van der Waals surface area contributed by atoms with Crippen LogP contribution in [0.2, 0.25) is 10.0 Å². The highest BCUT2D eigenvalue weighted by atomic mass is 35.5. The molecule has 178 valence electrons. The monoisotopic (exact) mass is 527 g/mol. The zero-order valence-corrected chi connectivity index (χ0v) is 18.8. The Morgan fingerprint density at radius 1 is 1.12 bits per heavy atom. The number of halogens is 5. The van der Waals surface area contributed by atoms with Crippen LogP contribution in [0.1, 0.15) is 33.2 Å². The smallest absolute Gasteiger partial charge is 0.480 e. The Hall–Kier alpha value is -2.83. The SMILES string of the molecule is CC(=O)c1cc(CC(NC(=O)c2c(Cl)cccc2Cl)C(=O)O)ccc1OS(=O)(=O)C(F)(F)F. The molecule has 0 heterocycles. The molecule has 2 aromatic carbocycles. The summed E-state index contributed by atoms with van der Waals surface area (Å²) in [5, 5.41) is 11.6. The molecule has 0 spiro atoms. The minimum Gasteiger partial charge on any atom is -0.480 e. The first-order valence-corrected chi connectivity index (χ1v) is 10.9. The number of carbonyl (C=O) groups excluding carboxylic acids is 2. The van der Waals surface area contributed by atoms with Crippen molar-refractivity contribution in [3.05, 3.63) is 63.1 Å². The largest absolute Gasteiger partial charge is 0.534 e. The zero-order chi connectivity index (χ0) is 25.1. The van der Waals surface area contributed by atoms with E-state index in [0.29, 0.717) is 0 Å². The first kappa shape index (κ1) is 26.4. The van der Waals surface area contributed by atoms with Gasteiger partial charge in [-0.3, -0.25) is 9.59 Å². The van der Waals surface area contributed by atoms with Gasteiger partial charge in [-0.25, -0.2) is 4.79 Å². The molecule has 2 rings (SSSR count). The molecular weight excluding hydrogens is 514 g/mol. The Kier molecular flexibility index (Phi) is 7.99. The van der Waals surface area contributed by atoms with Crippen LogP contribution in [0.15, 0.2) is 36.4 Å². The molecule has 0 aliphatic heterocycles. The molecule has 33 heavy (non-hydrogen) atoms. The second-order valence-corrected chi connectivity index (χ2v) is 8.89. The number of benzene rings is 2. The third kappa shape index (κ3) is 6.36. The number of carboxylic acid groups (broad SMARTS) is 1. The summed E-state index contributed by atoms with van der Waals surface area (Å²) in [6, 6.07) is 5.45. The number of amides is 1. The maximum absolute atomic E-state index is 12.6. The number of carbonyl (C=O) groups is 3. The lowest BCUT2D eigenvalue weighted by Crippen LogP contribution is -2.42. The van der Waals surface area contributed by atoms with E-state index in [1.54, 1.807) is 0 Å². The predicted molar refractivity (Wildman–Crippen MR) is 111 cm³/mol. The topological polar surface area (TPSA) is 127 Å². The molecule has 2 aromatic rings. The number of Topliss-reactive ketones (excluding diaryl/α,β-unsaturated/α-hetero) is 1. The van der Waals surface area contributed by atoms with Gasteiger partial charge in [0.1, 0.15) is 6.04 Å². The number of rotatable bonds is 8. The van der Waals surface area contributed by atoms with Crippen LogP contribution in [-0.2, 0) is 21.3 Å².